The second-order valence-corrected chi connectivity index (χ2v) is 4.02. The molecule has 1 atom stereocenters. The van der Waals surface area contributed by atoms with E-state index in [-0.39, 0.29) is 0 Å². The third-order valence-corrected chi connectivity index (χ3v) is 2.78. The number of aryl methyl sites for hydroxylation is 1. The Labute approximate surface area is 86.0 Å². The average Bonchev–Trinajstić information content (AvgIpc) is 2.70. The first-order chi connectivity index (χ1) is 6.66. The van der Waals surface area contributed by atoms with E-state index in [9.17, 15) is 5.11 Å². The first-order valence-corrected chi connectivity index (χ1v) is 5.25. The van der Waals surface area contributed by atoms with E-state index in [2.05, 4.69) is 4.98 Å². The van der Waals surface area contributed by atoms with Crippen LogP contribution < -0.4 is 0 Å². The van der Waals surface area contributed by atoms with E-state index in [1.54, 1.807) is 6.92 Å². The Hall–Kier alpha value is -1.13. The molecule has 0 bridgehead atoms. The number of thiazole rings is 1. The van der Waals surface area contributed by atoms with Crippen molar-refractivity contribution in [3.63, 3.8) is 0 Å². The summed E-state index contributed by atoms with van der Waals surface area (Å²) < 4.78 is 5.43. The lowest BCUT2D eigenvalue weighted by atomic mass is 10.3. The maximum absolute atomic E-state index is 9.30. The van der Waals surface area contributed by atoms with Crippen LogP contribution in [0.2, 0.25) is 0 Å². The smallest absolute Gasteiger partial charge is 0.162 e. The van der Waals surface area contributed by atoms with Crippen molar-refractivity contribution in [1.29, 1.82) is 0 Å². The van der Waals surface area contributed by atoms with Crippen LogP contribution in [0.3, 0.4) is 0 Å². The van der Waals surface area contributed by atoms with Crippen LogP contribution in [0.15, 0.2) is 21.9 Å². The Balaban J connectivity index is 2.33. The molecule has 0 aliphatic carbocycles. The van der Waals surface area contributed by atoms with Crippen molar-refractivity contribution < 1.29 is 9.52 Å². The van der Waals surface area contributed by atoms with E-state index in [0.717, 1.165) is 16.5 Å². The molecule has 3 nitrogen and oxygen atoms in total. The maximum atomic E-state index is 9.30. The highest BCUT2D eigenvalue weighted by atomic mass is 32.1. The van der Waals surface area contributed by atoms with Gasteiger partial charge in [-0.05, 0) is 26.0 Å². The van der Waals surface area contributed by atoms with Gasteiger partial charge in [0.1, 0.15) is 5.76 Å². The van der Waals surface area contributed by atoms with E-state index in [4.69, 9.17) is 4.42 Å². The van der Waals surface area contributed by atoms with Crippen molar-refractivity contribution in [1.82, 2.24) is 4.98 Å². The number of rotatable bonds is 2. The molecule has 14 heavy (non-hydrogen) atoms. The predicted molar refractivity (Wildman–Crippen MR) is 55.2 cm³/mol. The predicted octanol–water partition coefficient (Wildman–Crippen LogP) is 2.76. The second-order valence-electron chi connectivity index (χ2n) is 3.16. The van der Waals surface area contributed by atoms with Crippen LogP contribution in [0.5, 0.6) is 0 Å². The van der Waals surface area contributed by atoms with Crippen molar-refractivity contribution in [2.45, 2.75) is 20.0 Å². The summed E-state index contributed by atoms with van der Waals surface area (Å²) in [7, 11) is 0. The molecule has 1 N–H and O–H groups in total. The summed E-state index contributed by atoms with van der Waals surface area (Å²) in [4.78, 5) is 4.27. The minimum Gasteiger partial charge on any atom is -0.459 e. The zero-order valence-electron chi connectivity index (χ0n) is 8.02. The molecule has 1 unspecified atom stereocenters. The summed E-state index contributed by atoms with van der Waals surface area (Å²) in [6, 6.07) is 3.79. The highest BCUT2D eigenvalue weighted by molar-refractivity contribution is 7.13. The summed E-state index contributed by atoms with van der Waals surface area (Å²) >= 11 is 1.48. The second kappa shape index (κ2) is 3.55. The van der Waals surface area contributed by atoms with Crippen LogP contribution in [0.4, 0.5) is 0 Å². The molecule has 0 saturated carbocycles. The number of furan rings is 1. The first kappa shape index (κ1) is 9.43. The SMILES string of the molecule is Cc1ccc(-c2nc(C(C)O)cs2)o1. The summed E-state index contributed by atoms with van der Waals surface area (Å²) in [6.45, 7) is 3.60. The largest absolute Gasteiger partial charge is 0.459 e. The Morgan fingerprint density at radius 2 is 2.29 bits per heavy atom. The fourth-order valence-electron chi connectivity index (χ4n) is 1.14. The monoisotopic (exact) mass is 209 g/mol. The molecule has 74 valence electrons. The van der Waals surface area contributed by atoms with Crippen molar-refractivity contribution >= 4 is 11.3 Å². The molecule has 0 aliphatic heterocycles. The molecule has 2 aromatic heterocycles. The van der Waals surface area contributed by atoms with E-state index in [0.29, 0.717) is 5.69 Å². The molecule has 2 heterocycles. The van der Waals surface area contributed by atoms with Crippen molar-refractivity contribution in [3.05, 3.63) is 29.0 Å². The quantitative estimate of drug-likeness (QED) is 0.827. The van der Waals surface area contributed by atoms with Gasteiger partial charge in [0.15, 0.2) is 10.8 Å². The number of hydrogen-bond acceptors (Lipinski definition) is 4. The zero-order valence-corrected chi connectivity index (χ0v) is 8.84. The minimum atomic E-state index is -0.518. The molecule has 0 aromatic carbocycles. The lowest BCUT2D eigenvalue weighted by Crippen LogP contribution is -1.89. The van der Waals surface area contributed by atoms with Crippen LogP contribution in [0.25, 0.3) is 10.8 Å². The Morgan fingerprint density at radius 3 is 2.79 bits per heavy atom. The van der Waals surface area contributed by atoms with Crippen LogP contribution in [-0.4, -0.2) is 10.1 Å². The summed E-state index contributed by atoms with van der Waals surface area (Å²) in [5.41, 5.74) is 0.694. The first-order valence-electron chi connectivity index (χ1n) is 4.37. The molecule has 0 fully saturated rings. The van der Waals surface area contributed by atoms with E-state index in [1.165, 1.54) is 11.3 Å². The van der Waals surface area contributed by atoms with Gasteiger partial charge in [0.25, 0.3) is 0 Å². The molecular formula is C10H11NO2S. The summed E-state index contributed by atoms with van der Waals surface area (Å²) in [6.07, 6.45) is -0.518. The van der Waals surface area contributed by atoms with Crippen molar-refractivity contribution in [3.8, 4) is 10.8 Å². The van der Waals surface area contributed by atoms with Gasteiger partial charge in [-0.3, -0.25) is 0 Å². The van der Waals surface area contributed by atoms with E-state index < -0.39 is 6.10 Å². The fraction of sp³-hybridized carbons (Fsp3) is 0.300. The van der Waals surface area contributed by atoms with Gasteiger partial charge < -0.3 is 9.52 Å². The standard InChI is InChI=1S/C10H11NO2S/c1-6-3-4-9(13-6)10-11-8(5-14-10)7(2)12/h3-5,7,12H,1-2H3. The van der Waals surface area contributed by atoms with Gasteiger partial charge >= 0.3 is 0 Å². The molecule has 2 rings (SSSR count). The third kappa shape index (κ3) is 1.71. The maximum Gasteiger partial charge on any atom is 0.162 e. The van der Waals surface area contributed by atoms with Gasteiger partial charge in [0.05, 0.1) is 11.8 Å². The van der Waals surface area contributed by atoms with Crippen LogP contribution in [0.1, 0.15) is 24.5 Å². The minimum absolute atomic E-state index is 0.518. The summed E-state index contributed by atoms with van der Waals surface area (Å²) in [5.74, 6) is 1.63. The highest BCUT2D eigenvalue weighted by Crippen LogP contribution is 2.27. The van der Waals surface area contributed by atoms with Crippen LogP contribution in [0, 0.1) is 6.92 Å². The molecule has 0 radical (unpaired) electrons. The number of aliphatic hydroxyl groups excluding tert-OH is 1. The fourth-order valence-corrected chi connectivity index (χ4v) is 2.01. The average molecular weight is 209 g/mol. The Kier molecular flexibility index (Phi) is 2.39. The molecule has 4 heteroatoms. The normalized spacial score (nSPS) is 13.1. The van der Waals surface area contributed by atoms with Gasteiger partial charge in [0, 0.05) is 5.38 Å². The molecular weight excluding hydrogens is 198 g/mol. The van der Waals surface area contributed by atoms with Gasteiger partial charge in [-0.1, -0.05) is 0 Å². The summed E-state index contributed by atoms with van der Waals surface area (Å²) in [5, 5.41) is 12.0. The highest BCUT2D eigenvalue weighted by Gasteiger charge is 2.10. The molecule has 0 spiro atoms. The van der Waals surface area contributed by atoms with Crippen LogP contribution >= 0.6 is 11.3 Å². The molecule has 2 aromatic rings. The van der Waals surface area contributed by atoms with Crippen LogP contribution in [-0.2, 0) is 0 Å². The number of nitrogens with zero attached hydrogens (tertiary/aromatic N) is 1. The third-order valence-electron chi connectivity index (χ3n) is 1.90. The molecule has 0 amide bonds. The Bertz CT molecular complexity index is 431. The van der Waals surface area contributed by atoms with Crippen molar-refractivity contribution in [2.75, 3.05) is 0 Å². The lowest BCUT2D eigenvalue weighted by molar-refractivity contribution is 0.195. The lowest BCUT2D eigenvalue weighted by Gasteiger charge is -1.95. The van der Waals surface area contributed by atoms with E-state index in [1.807, 2.05) is 24.4 Å². The molecule has 0 aliphatic rings. The topological polar surface area (TPSA) is 46.3 Å². The Morgan fingerprint density at radius 1 is 1.50 bits per heavy atom. The number of hydrogen-bond donors (Lipinski definition) is 1. The van der Waals surface area contributed by atoms with Gasteiger partial charge in [0.2, 0.25) is 0 Å². The van der Waals surface area contributed by atoms with Gasteiger partial charge in [-0.25, -0.2) is 4.98 Å². The number of aliphatic hydroxyl groups is 1. The van der Waals surface area contributed by atoms with Gasteiger partial charge in [-0.2, -0.15) is 0 Å². The molecule has 0 saturated heterocycles. The number of aromatic nitrogens is 1. The van der Waals surface area contributed by atoms with Crippen molar-refractivity contribution in [2.24, 2.45) is 0 Å². The van der Waals surface area contributed by atoms with Gasteiger partial charge in [-0.15, -0.1) is 11.3 Å². The van der Waals surface area contributed by atoms with E-state index >= 15 is 0 Å². The zero-order chi connectivity index (χ0) is 10.1.